The molecule has 3 rings (SSSR count). The summed E-state index contributed by atoms with van der Waals surface area (Å²) in [7, 11) is 0. The zero-order valence-corrected chi connectivity index (χ0v) is 13.7. The first kappa shape index (κ1) is 14.9. The number of aryl methyl sites for hydroxylation is 1. The number of nitrogens with zero attached hydrogens (tertiary/aromatic N) is 2. The first-order valence-corrected chi connectivity index (χ1v) is 8.58. The van der Waals surface area contributed by atoms with Gasteiger partial charge in [-0.05, 0) is 12.5 Å². The van der Waals surface area contributed by atoms with Crippen LogP contribution in [-0.2, 0) is 17.6 Å². The molecule has 0 unspecified atom stereocenters. The number of carbonyl (C=O) groups is 1. The predicted octanol–water partition coefficient (Wildman–Crippen LogP) is 3.68. The van der Waals surface area contributed by atoms with E-state index in [9.17, 15) is 4.79 Å². The molecular weight excluding hydrogens is 314 g/mol. The second kappa shape index (κ2) is 6.81. The number of hydrogen-bond acceptors (Lipinski definition) is 5. The fourth-order valence-corrected chi connectivity index (χ4v) is 3.54. The molecule has 1 amide bonds. The first-order chi connectivity index (χ1) is 10.7. The number of benzene rings is 1. The molecule has 2 aromatic heterocycles. The minimum Gasteiger partial charge on any atom is -0.302 e. The van der Waals surface area contributed by atoms with Crippen LogP contribution in [0.4, 0.5) is 5.13 Å². The molecule has 3 aromatic rings. The lowest BCUT2D eigenvalue weighted by atomic mass is 10.1. The number of anilines is 1. The second-order valence-electron chi connectivity index (χ2n) is 4.88. The van der Waals surface area contributed by atoms with E-state index in [0.717, 1.165) is 22.0 Å². The molecule has 0 aliphatic carbocycles. The van der Waals surface area contributed by atoms with Crippen molar-refractivity contribution < 1.29 is 4.79 Å². The lowest BCUT2D eigenvalue weighted by Gasteiger charge is -1.99. The molecule has 0 spiro atoms. The maximum absolute atomic E-state index is 12.0. The van der Waals surface area contributed by atoms with Crippen molar-refractivity contribution in [3.8, 4) is 0 Å². The lowest BCUT2D eigenvalue weighted by Crippen LogP contribution is -2.14. The van der Waals surface area contributed by atoms with Crippen molar-refractivity contribution in [2.75, 3.05) is 5.32 Å². The van der Waals surface area contributed by atoms with Crippen molar-refractivity contribution in [2.24, 2.45) is 0 Å². The summed E-state index contributed by atoms with van der Waals surface area (Å²) in [6.07, 6.45) is 2.94. The molecule has 0 saturated carbocycles. The van der Waals surface area contributed by atoms with Crippen LogP contribution in [-0.4, -0.2) is 15.9 Å². The maximum atomic E-state index is 12.0. The largest absolute Gasteiger partial charge is 0.302 e. The molecule has 6 heteroatoms. The van der Waals surface area contributed by atoms with Crippen LogP contribution in [0.2, 0.25) is 0 Å². The van der Waals surface area contributed by atoms with Gasteiger partial charge in [-0.25, -0.2) is 9.97 Å². The summed E-state index contributed by atoms with van der Waals surface area (Å²) in [5.41, 5.74) is 2.04. The topological polar surface area (TPSA) is 54.9 Å². The summed E-state index contributed by atoms with van der Waals surface area (Å²) in [5, 5.41) is 6.37. The minimum absolute atomic E-state index is 0.0779. The Hall–Kier alpha value is -2.05. The molecule has 0 radical (unpaired) electrons. The minimum atomic E-state index is -0.0779. The van der Waals surface area contributed by atoms with Gasteiger partial charge >= 0.3 is 0 Å². The molecule has 112 valence electrons. The van der Waals surface area contributed by atoms with Crippen LogP contribution in [0.5, 0.6) is 0 Å². The zero-order chi connectivity index (χ0) is 15.4. The quantitative estimate of drug-likeness (QED) is 0.777. The normalized spacial score (nSPS) is 10.6. The molecular formula is C16H15N3OS2. The summed E-state index contributed by atoms with van der Waals surface area (Å²) >= 11 is 3.06. The van der Waals surface area contributed by atoms with E-state index < -0.39 is 0 Å². The van der Waals surface area contributed by atoms with E-state index in [2.05, 4.69) is 27.4 Å². The second-order valence-corrected chi connectivity index (χ2v) is 7.05. The van der Waals surface area contributed by atoms with Crippen molar-refractivity contribution in [3.63, 3.8) is 0 Å². The average Bonchev–Trinajstić information content (AvgIpc) is 3.09. The Kier molecular flexibility index (Phi) is 4.60. The molecule has 1 N–H and O–H groups in total. The number of thiazole rings is 2. The molecule has 0 saturated heterocycles. The molecule has 0 aliphatic rings. The predicted molar refractivity (Wildman–Crippen MR) is 90.5 cm³/mol. The van der Waals surface area contributed by atoms with Crippen LogP contribution < -0.4 is 5.32 Å². The smallest absolute Gasteiger partial charge is 0.232 e. The number of rotatable bonds is 5. The fraction of sp³-hybridized carbons (Fsp3) is 0.188. The monoisotopic (exact) mass is 329 g/mol. The Bertz CT molecular complexity index is 765. The molecule has 1 aromatic carbocycles. The van der Waals surface area contributed by atoms with Gasteiger partial charge in [-0.2, -0.15) is 0 Å². The van der Waals surface area contributed by atoms with Crippen LogP contribution in [0.25, 0.3) is 0 Å². The number of hydrogen-bond donors (Lipinski definition) is 1. The van der Waals surface area contributed by atoms with E-state index in [1.54, 1.807) is 11.3 Å². The molecule has 0 aliphatic heterocycles. The zero-order valence-electron chi connectivity index (χ0n) is 12.1. The van der Waals surface area contributed by atoms with Gasteiger partial charge in [-0.15, -0.1) is 22.7 Å². The van der Waals surface area contributed by atoms with Crippen molar-refractivity contribution in [1.29, 1.82) is 0 Å². The molecule has 0 fully saturated rings. The summed E-state index contributed by atoms with van der Waals surface area (Å²) in [6, 6.07) is 10.2. The van der Waals surface area contributed by atoms with Gasteiger partial charge in [0.05, 0.1) is 17.1 Å². The van der Waals surface area contributed by atoms with E-state index in [0.29, 0.717) is 5.13 Å². The van der Waals surface area contributed by atoms with Crippen LogP contribution in [0.3, 0.4) is 0 Å². The SMILES string of the molecule is Cc1nc(CC(=O)Nc2ncc(Cc3ccccc3)s2)cs1. The van der Waals surface area contributed by atoms with E-state index in [4.69, 9.17) is 0 Å². The number of amides is 1. The number of nitrogens with one attached hydrogen (secondary N) is 1. The fourth-order valence-electron chi connectivity index (χ4n) is 2.06. The maximum Gasteiger partial charge on any atom is 0.232 e. The van der Waals surface area contributed by atoms with Crippen LogP contribution in [0.15, 0.2) is 41.9 Å². The lowest BCUT2D eigenvalue weighted by molar-refractivity contribution is -0.115. The number of aromatic nitrogens is 2. The average molecular weight is 329 g/mol. The summed E-state index contributed by atoms with van der Waals surface area (Å²) in [4.78, 5) is 21.7. The van der Waals surface area contributed by atoms with Gasteiger partial charge in [0.1, 0.15) is 0 Å². The van der Waals surface area contributed by atoms with Gasteiger partial charge in [0, 0.05) is 22.9 Å². The van der Waals surface area contributed by atoms with Gasteiger partial charge < -0.3 is 5.32 Å². The van der Waals surface area contributed by atoms with Crippen LogP contribution in [0, 0.1) is 6.92 Å². The van der Waals surface area contributed by atoms with Crippen molar-refractivity contribution >= 4 is 33.7 Å². The van der Waals surface area contributed by atoms with Crippen LogP contribution in [0.1, 0.15) is 21.1 Å². The van der Waals surface area contributed by atoms with Gasteiger partial charge in [0.15, 0.2) is 5.13 Å². The number of carbonyl (C=O) groups excluding carboxylic acids is 1. The summed E-state index contributed by atoms with van der Waals surface area (Å²) in [5.74, 6) is -0.0779. The molecule has 2 heterocycles. The molecule has 0 bridgehead atoms. The Morgan fingerprint density at radius 1 is 1.27 bits per heavy atom. The van der Waals surface area contributed by atoms with Crippen molar-refractivity contribution in [3.05, 3.63) is 63.1 Å². The Morgan fingerprint density at radius 3 is 2.82 bits per heavy atom. The summed E-state index contributed by atoms with van der Waals surface area (Å²) < 4.78 is 0. The Morgan fingerprint density at radius 2 is 2.09 bits per heavy atom. The van der Waals surface area contributed by atoms with E-state index in [1.807, 2.05) is 36.7 Å². The van der Waals surface area contributed by atoms with Gasteiger partial charge in [0.2, 0.25) is 5.91 Å². The van der Waals surface area contributed by atoms with Gasteiger partial charge in [0.25, 0.3) is 0 Å². The van der Waals surface area contributed by atoms with E-state index in [-0.39, 0.29) is 12.3 Å². The third kappa shape index (κ3) is 3.99. The van der Waals surface area contributed by atoms with Gasteiger partial charge in [-0.3, -0.25) is 4.79 Å². The van der Waals surface area contributed by atoms with E-state index >= 15 is 0 Å². The van der Waals surface area contributed by atoms with Crippen molar-refractivity contribution in [2.45, 2.75) is 19.8 Å². The van der Waals surface area contributed by atoms with Gasteiger partial charge in [-0.1, -0.05) is 30.3 Å². The third-order valence-electron chi connectivity index (χ3n) is 3.03. The Balaban J connectivity index is 1.58. The van der Waals surface area contributed by atoms with Crippen molar-refractivity contribution in [1.82, 2.24) is 9.97 Å². The summed E-state index contributed by atoms with van der Waals surface area (Å²) in [6.45, 7) is 1.93. The highest BCUT2D eigenvalue weighted by atomic mass is 32.1. The van der Waals surface area contributed by atoms with Crippen LogP contribution >= 0.6 is 22.7 Å². The Labute approximate surface area is 136 Å². The molecule has 0 atom stereocenters. The highest BCUT2D eigenvalue weighted by molar-refractivity contribution is 7.15. The van der Waals surface area contributed by atoms with E-state index in [1.165, 1.54) is 16.9 Å². The highest BCUT2D eigenvalue weighted by Gasteiger charge is 2.09. The standard InChI is InChI=1S/C16H15N3OS2/c1-11-18-13(10-21-11)8-15(20)19-16-17-9-14(22-16)7-12-5-3-2-4-6-12/h2-6,9-10H,7-8H2,1H3,(H,17,19,20). The highest BCUT2D eigenvalue weighted by Crippen LogP contribution is 2.21. The molecule has 22 heavy (non-hydrogen) atoms. The first-order valence-electron chi connectivity index (χ1n) is 6.88. The third-order valence-corrected chi connectivity index (χ3v) is 4.76. The molecule has 4 nitrogen and oxygen atoms in total.